The molecule has 0 aromatic carbocycles. The van der Waals surface area contributed by atoms with Crippen LogP contribution in [0.25, 0.3) is 0 Å². The highest BCUT2D eigenvalue weighted by Crippen LogP contribution is 2.27. The number of amides is 7. The predicted octanol–water partition coefficient (Wildman–Crippen LogP) is -4.92. The number of aliphatic carboxylic acids is 1. The van der Waals surface area contributed by atoms with Crippen LogP contribution in [0, 0.1) is 0 Å². The minimum absolute atomic E-state index is 0.0299. The Morgan fingerprint density at radius 1 is 0.580 bits per heavy atom. The molecule has 5 aliphatic rings. The predicted molar refractivity (Wildman–Crippen MR) is 169 cm³/mol. The summed E-state index contributed by atoms with van der Waals surface area (Å²) in [6.07, 6.45) is 0.998. The quantitative estimate of drug-likeness (QED) is 0.107. The molecule has 19 nitrogen and oxygen atoms in total. The maximum Gasteiger partial charge on any atom is 0.322 e. The summed E-state index contributed by atoms with van der Waals surface area (Å²) in [4.78, 5) is 108. The normalized spacial score (nSPS) is 29.3. The van der Waals surface area contributed by atoms with E-state index in [4.69, 9.17) is 5.11 Å². The van der Waals surface area contributed by atoms with E-state index in [2.05, 4.69) is 21.3 Å². The molecule has 0 spiro atoms. The van der Waals surface area contributed by atoms with Crippen LogP contribution in [-0.2, 0) is 38.4 Å². The second-order valence-electron chi connectivity index (χ2n) is 13.5. The standard InChI is InChI=1S/C31H46N8O11/c40-17-10-22(38(15-17)24(42)12-33-27(46)19-4-1-7-32-19)30(49)36-8-2-5-20(36)28(47)34-13-25(43)39-16-18(41)11-23(39)31(50)37-9-3-6-21(37)29(48)35-14-26(44)45/h17-23,32,40-41H,1-16H2,(H,33,46)(H,34,47)(H,35,48)(H,44,45)/t17-,18-,19+,20+,21+,22+,23+/m1/s1. The van der Waals surface area contributed by atoms with Crippen LogP contribution in [-0.4, -0.2) is 177 Å². The number of hydrogen-bond acceptors (Lipinski definition) is 11. The van der Waals surface area contributed by atoms with Crippen molar-refractivity contribution in [2.24, 2.45) is 0 Å². The van der Waals surface area contributed by atoms with Gasteiger partial charge in [0.25, 0.3) is 0 Å². The molecule has 5 fully saturated rings. The van der Waals surface area contributed by atoms with E-state index in [0.717, 1.165) is 11.3 Å². The van der Waals surface area contributed by atoms with E-state index in [0.29, 0.717) is 38.6 Å². The molecule has 0 aromatic rings. The average molecular weight is 707 g/mol. The average Bonchev–Trinajstić information content (AvgIpc) is 3.93. The monoisotopic (exact) mass is 706 g/mol. The number of carboxylic acids is 1. The highest BCUT2D eigenvalue weighted by atomic mass is 16.4. The number of likely N-dealkylation sites (tertiary alicyclic amines) is 4. The number of rotatable bonds is 11. The number of carboxylic acid groups (broad SMARTS) is 1. The molecular formula is C31H46N8O11. The van der Waals surface area contributed by atoms with Gasteiger partial charge in [-0.2, -0.15) is 0 Å². The number of aliphatic hydroxyl groups excluding tert-OH is 2. The molecule has 5 saturated heterocycles. The van der Waals surface area contributed by atoms with Gasteiger partial charge in [-0.15, -0.1) is 0 Å². The number of nitrogens with zero attached hydrogens (tertiary/aromatic N) is 4. The third kappa shape index (κ3) is 8.32. The van der Waals surface area contributed by atoms with E-state index in [9.17, 15) is 48.6 Å². The van der Waals surface area contributed by atoms with Gasteiger partial charge in [0.05, 0.1) is 31.3 Å². The highest BCUT2D eigenvalue weighted by molar-refractivity contribution is 5.97. The molecule has 7 amide bonds. The van der Waals surface area contributed by atoms with Crippen molar-refractivity contribution >= 4 is 47.3 Å². The summed E-state index contributed by atoms with van der Waals surface area (Å²) in [5, 5.41) is 40.0. The number of aliphatic hydroxyl groups is 2. The fourth-order valence-corrected chi connectivity index (χ4v) is 7.59. The molecule has 7 N–H and O–H groups in total. The zero-order chi connectivity index (χ0) is 36.1. The zero-order valence-electron chi connectivity index (χ0n) is 27.8. The van der Waals surface area contributed by atoms with Crippen LogP contribution in [0.3, 0.4) is 0 Å². The van der Waals surface area contributed by atoms with Crippen LogP contribution in [0.15, 0.2) is 0 Å². The summed E-state index contributed by atoms with van der Waals surface area (Å²) in [5.74, 6) is -5.06. The van der Waals surface area contributed by atoms with E-state index >= 15 is 0 Å². The summed E-state index contributed by atoms with van der Waals surface area (Å²) in [6, 6.07) is -4.38. The van der Waals surface area contributed by atoms with Crippen LogP contribution < -0.4 is 21.3 Å². The lowest BCUT2D eigenvalue weighted by Crippen LogP contribution is -2.56. The van der Waals surface area contributed by atoms with Crippen molar-refractivity contribution < 1.29 is 53.7 Å². The van der Waals surface area contributed by atoms with Gasteiger partial charge >= 0.3 is 5.97 Å². The Hall–Kier alpha value is -4.36. The molecule has 5 aliphatic heterocycles. The summed E-state index contributed by atoms with van der Waals surface area (Å²) in [6.45, 7) is -0.605. The second-order valence-corrected chi connectivity index (χ2v) is 13.5. The zero-order valence-corrected chi connectivity index (χ0v) is 27.8. The van der Waals surface area contributed by atoms with Crippen LogP contribution in [0.5, 0.6) is 0 Å². The molecule has 5 heterocycles. The first kappa shape index (κ1) is 36.9. The number of hydrogen-bond donors (Lipinski definition) is 7. The van der Waals surface area contributed by atoms with E-state index < -0.39 is 90.9 Å². The number of β-amino-alcohol motifs (C(OH)–C–C–N with tert-alkyl or cyclic N) is 2. The molecule has 0 unspecified atom stereocenters. The third-order valence-corrected chi connectivity index (χ3v) is 10.1. The summed E-state index contributed by atoms with van der Waals surface area (Å²) in [7, 11) is 0. The number of nitrogens with one attached hydrogen (secondary N) is 4. The number of carbonyl (C=O) groups is 8. The maximum atomic E-state index is 13.7. The van der Waals surface area contributed by atoms with Gasteiger partial charge in [0, 0.05) is 39.0 Å². The van der Waals surface area contributed by atoms with Gasteiger partial charge in [0.2, 0.25) is 41.4 Å². The fraction of sp³-hybridized carbons (Fsp3) is 0.742. The van der Waals surface area contributed by atoms with Crippen LogP contribution in [0.4, 0.5) is 0 Å². The third-order valence-electron chi connectivity index (χ3n) is 10.1. The van der Waals surface area contributed by atoms with Crippen molar-refractivity contribution in [2.45, 2.75) is 93.8 Å². The lowest BCUT2D eigenvalue weighted by atomic mass is 10.1. The van der Waals surface area contributed by atoms with Crippen molar-refractivity contribution in [1.82, 2.24) is 40.9 Å². The lowest BCUT2D eigenvalue weighted by Gasteiger charge is -2.32. The van der Waals surface area contributed by atoms with Gasteiger partial charge in [-0.1, -0.05) is 0 Å². The maximum absolute atomic E-state index is 13.7. The molecule has 5 rings (SSSR count). The van der Waals surface area contributed by atoms with Gasteiger partial charge < -0.3 is 56.2 Å². The molecule has 0 bridgehead atoms. The second kappa shape index (κ2) is 16.1. The Kier molecular flexibility index (Phi) is 11.9. The smallest absolute Gasteiger partial charge is 0.322 e. The van der Waals surface area contributed by atoms with Gasteiger partial charge in [-0.3, -0.25) is 38.4 Å². The van der Waals surface area contributed by atoms with Crippen molar-refractivity contribution in [3.8, 4) is 0 Å². The van der Waals surface area contributed by atoms with E-state index in [1.54, 1.807) is 0 Å². The van der Waals surface area contributed by atoms with Crippen LogP contribution in [0.1, 0.15) is 51.4 Å². The first-order valence-electron chi connectivity index (χ1n) is 17.2. The minimum atomic E-state index is -1.24. The first-order valence-corrected chi connectivity index (χ1v) is 17.2. The Bertz CT molecular complexity index is 1370. The first-order chi connectivity index (χ1) is 23.8. The SMILES string of the molecule is O=C(O)CNC(=O)[C@@H]1CCCN1C(=O)[C@@H]1C[C@@H](O)CN1C(=O)CNC(=O)[C@@H]1CCCN1C(=O)[C@@H]1C[C@@H](O)CN1C(=O)CNC(=O)[C@@H]1CCCN1. The molecule has 0 aromatic heterocycles. The van der Waals surface area contributed by atoms with Gasteiger partial charge in [-0.05, 0) is 45.1 Å². The van der Waals surface area contributed by atoms with Crippen molar-refractivity contribution in [1.29, 1.82) is 0 Å². The highest BCUT2D eigenvalue weighted by Gasteiger charge is 2.46. The Morgan fingerprint density at radius 2 is 1.04 bits per heavy atom. The van der Waals surface area contributed by atoms with Crippen LogP contribution in [0.2, 0.25) is 0 Å². The van der Waals surface area contributed by atoms with Crippen molar-refractivity contribution in [2.75, 3.05) is 52.4 Å². The summed E-state index contributed by atoms with van der Waals surface area (Å²) < 4.78 is 0. The number of carbonyl (C=O) groups excluding carboxylic acids is 7. The topological polar surface area (TPSA) is 258 Å². The van der Waals surface area contributed by atoms with E-state index in [1.165, 1.54) is 14.7 Å². The van der Waals surface area contributed by atoms with Crippen molar-refractivity contribution in [3.63, 3.8) is 0 Å². The molecule has 7 atom stereocenters. The van der Waals surface area contributed by atoms with Crippen LogP contribution >= 0.6 is 0 Å². The molecule has 0 saturated carbocycles. The molecular weight excluding hydrogens is 660 g/mol. The van der Waals surface area contributed by atoms with E-state index in [1.807, 2.05) is 0 Å². The molecule has 0 radical (unpaired) electrons. The minimum Gasteiger partial charge on any atom is -0.480 e. The van der Waals surface area contributed by atoms with E-state index in [-0.39, 0.29) is 57.5 Å². The largest absolute Gasteiger partial charge is 0.480 e. The van der Waals surface area contributed by atoms with Crippen molar-refractivity contribution in [3.05, 3.63) is 0 Å². The molecule has 0 aliphatic carbocycles. The lowest BCUT2D eigenvalue weighted by molar-refractivity contribution is -0.148. The molecule has 276 valence electrons. The van der Waals surface area contributed by atoms with Gasteiger partial charge in [0.15, 0.2) is 0 Å². The fourth-order valence-electron chi connectivity index (χ4n) is 7.59. The molecule has 19 heteroatoms. The molecule has 50 heavy (non-hydrogen) atoms. The Balaban J connectivity index is 1.15. The van der Waals surface area contributed by atoms with Gasteiger partial charge in [0.1, 0.15) is 30.7 Å². The van der Waals surface area contributed by atoms with Gasteiger partial charge in [-0.25, -0.2) is 0 Å². The summed E-state index contributed by atoms with van der Waals surface area (Å²) in [5.41, 5.74) is 0. The Morgan fingerprint density at radius 3 is 1.48 bits per heavy atom. The Labute approximate surface area is 288 Å². The summed E-state index contributed by atoms with van der Waals surface area (Å²) >= 11 is 0.